The Bertz CT molecular complexity index is 1930. The Morgan fingerprint density at radius 1 is 0.776 bits per heavy atom. The molecule has 0 aliphatic carbocycles. The maximum atomic E-state index is 13.0. The number of hydrogen-bond acceptors (Lipinski definition) is 6. The van der Waals surface area contributed by atoms with Crippen molar-refractivity contribution in [2.75, 3.05) is 12.4 Å². The van der Waals surface area contributed by atoms with E-state index in [2.05, 4.69) is 46.7 Å². The minimum atomic E-state index is -0.815. The average molecular weight is 650 g/mol. The molecule has 0 saturated carbocycles. The first kappa shape index (κ1) is 32.5. The summed E-state index contributed by atoms with van der Waals surface area (Å²) in [6.45, 7) is 1.31. The topological polar surface area (TPSA) is 103 Å². The highest BCUT2D eigenvalue weighted by molar-refractivity contribution is 6.02. The van der Waals surface area contributed by atoms with Crippen LogP contribution in [-0.2, 0) is 15.0 Å². The summed E-state index contributed by atoms with van der Waals surface area (Å²) in [4.78, 5) is 32.4. The Kier molecular flexibility index (Phi) is 9.96. The van der Waals surface area contributed by atoms with E-state index in [1.165, 1.54) is 20.1 Å². The number of amides is 1. The van der Waals surface area contributed by atoms with Crippen molar-refractivity contribution in [3.05, 3.63) is 180 Å². The molecule has 6 rings (SSSR count). The third-order valence-electron chi connectivity index (χ3n) is 8.09. The van der Waals surface area contributed by atoms with E-state index >= 15 is 0 Å². The molecule has 1 heterocycles. The van der Waals surface area contributed by atoms with Crippen molar-refractivity contribution in [1.82, 2.24) is 9.97 Å². The van der Waals surface area contributed by atoms with Crippen molar-refractivity contribution in [3.63, 3.8) is 0 Å². The second-order valence-electron chi connectivity index (χ2n) is 11.3. The van der Waals surface area contributed by atoms with Gasteiger partial charge in [-0.3, -0.25) is 9.59 Å². The van der Waals surface area contributed by atoms with Crippen LogP contribution in [0.1, 0.15) is 41.0 Å². The maximum absolute atomic E-state index is 13.0. The zero-order valence-corrected chi connectivity index (χ0v) is 27.1. The Balaban J connectivity index is 1.35. The molecule has 2 N–H and O–H groups in total. The van der Waals surface area contributed by atoms with E-state index in [1.54, 1.807) is 42.7 Å². The number of benzene rings is 5. The number of anilines is 1. The molecular weight excluding hydrogens is 614 g/mol. The molecule has 6 aromatic rings. The largest absolute Gasteiger partial charge is 0.493 e. The molecule has 8 nitrogen and oxygen atoms in total. The van der Waals surface area contributed by atoms with Crippen LogP contribution in [0.25, 0.3) is 6.08 Å². The van der Waals surface area contributed by atoms with Crippen molar-refractivity contribution in [3.8, 4) is 17.2 Å². The first-order chi connectivity index (χ1) is 24.0. The molecule has 0 aliphatic rings. The first-order valence-electron chi connectivity index (χ1n) is 15.7. The number of nitrogens with zero attached hydrogens (tertiary/aromatic N) is 1. The lowest BCUT2D eigenvalue weighted by atomic mass is 9.65. The van der Waals surface area contributed by atoms with Crippen molar-refractivity contribution >= 4 is 23.6 Å². The van der Waals surface area contributed by atoms with Crippen LogP contribution in [0.3, 0.4) is 0 Å². The third-order valence-corrected chi connectivity index (χ3v) is 8.09. The van der Waals surface area contributed by atoms with E-state index in [4.69, 9.17) is 19.2 Å². The van der Waals surface area contributed by atoms with Crippen molar-refractivity contribution in [2.24, 2.45) is 0 Å². The summed E-state index contributed by atoms with van der Waals surface area (Å²) in [5, 5.41) is 2.93. The van der Waals surface area contributed by atoms with Gasteiger partial charge in [0.15, 0.2) is 17.6 Å². The van der Waals surface area contributed by atoms with Crippen LogP contribution in [0, 0.1) is 0 Å². The van der Waals surface area contributed by atoms with E-state index in [9.17, 15) is 9.59 Å². The van der Waals surface area contributed by atoms with Gasteiger partial charge < -0.3 is 24.5 Å². The molecule has 8 heteroatoms. The molecule has 49 heavy (non-hydrogen) atoms. The molecule has 1 aromatic heterocycles. The highest BCUT2D eigenvalue weighted by Crippen LogP contribution is 2.50. The Morgan fingerprint density at radius 3 is 1.96 bits per heavy atom. The zero-order chi connectivity index (χ0) is 34.1. The molecule has 0 bridgehead atoms. The number of rotatable bonds is 12. The lowest BCUT2D eigenvalue weighted by Gasteiger charge is -2.41. The Morgan fingerprint density at radius 2 is 1.41 bits per heavy atom. The molecule has 0 radical (unpaired) electrons. The number of carbonyl (C=O) groups excluding carboxylic acids is 2. The van der Waals surface area contributed by atoms with Gasteiger partial charge in [0.05, 0.1) is 18.9 Å². The lowest BCUT2D eigenvalue weighted by Crippen LogP contribution is -2.39. The first-order valence-corrected chi connectivity index (χ1v) is 15.7. The van der Waals surface area contributed by atoms with Gasteiger partial charge in [-0.2, -0.15) is 0 Å². The van der Waals surface area contributed by atoms with Crippen LogP contribution < -0.4 is 19.5 Å². The molecule has 1 unspecified atom stereocenters. The van der Waals surface area contributed by atoms with E-state index < -0.39 is 17.5 Å². The second kappa shape index (κ2) is 15.0. The monoisotopic (exact) mass is 649 g/mol. The van der Waals surface area contributed by atoms with Gasteiger partial charge >= 0.3 is 5.97 Å². The van der Waals surface area contributed by atoms with E-state index in [1.807, 2.05) is 72.9 Å². The van der Waals surface area contributed by atoms with Crippen LogP contribution >= 0.6 is 0 Å². The van der Waals surface area contributed by atoms with E-state index in [-0.39, 0.29) is 11.7 Å². The molecule has 244 valence electrons. The molecule has 0 fully saturated rings. The summed E-state index contributed by atoms with van der Waals surface area (Å²) in [6, 6.07) is 43.3. The fraction of sp³-hybridized carbons (Fsp3) is 0.0976. The highest BCUT2D eigenvalue weighted by atomic mass is 16.6. The lowest BCUT2D eigenvalue weighted by molar-refractivity contribution is -0.132. The number of methoxy groups -OCH3 is 1. The minimum absolute atomic E-state index is 0.270. The Hall–Kier alpha value is -6.41. The van der Waals surface area contributed by atoms with E-state index in [0.717, 1.165) is 16.7 Å². The smallest absolute Gasteiger partial charge is 0.308 e. The average Bonchev–Trinajstić information content (AvgIpc) is 3.67. The summed E-state index contributed by atoms with van der Waals surface area (Å²) < 4.78 is 17.5. The predicted molar refractivity (Wildman–Crippen MR) is 190 cm³/mol. The van der Waals surface area contributed by atoms with Crippen LogP contribution in [0.2, 0.25) is 0 Å². The molecule has 0 aliphatic heterocycles. The van der Waals surface area contributed by atoms with Crippen LogP contribution in [0.15, 0.2) is 152 Å². The maximum Gasteiger partial charge on any atom is 0.308 e. The zero-order valence-electron chi connectivity index (χ0n) is 27.1. The molecule has 1 atom stereocenters. The number of esters is 1. The fourth-order valence-corrected chi connectivity index (χ4v) is 6.01. The number of ether oxygens (including phenoxy) is 3. The summed E-state index contributed by atoms with van der Waals surface area (Å²) in [5.41, 5.74) is 4.20. The minimum Gasteiger partial charge on any atom is -0.493 e. The van der Waals surface area contributed by atoms with Gasteiger partial charge in [-0.05, 0) is 52.6 Å². The highest BCUT2D eigenvalue weighted by Gasteiger charge is 2.47. The molecule has 0 spiro atoms. The SMILES string of the molecule is COc1ccc(C=CC(=O)Nc2cccc(OC(c3c[nH]cn3)C(c3ccccc3)(c3ccccc3)c3ccccc3)c2)cc1OC(C)=O. The van der Waals surface area contributed by atoms with Crippen LogP contribution in [0.4, 0.5) is 5.69 Å². The number of hydrogen-bond donors (Lipinski definition) is 2. The van der Waals surface area contributed by atoms with E-state index in [0.29, 0.717) is 28.4 Å². The number of nitrogens with one attached hydrogen (secondary N) is 2. The molecule has 5 aromatic carbocycles. The van der Waals surface area contributed by atoms with Gasteiger partial charge in [-0.1, -0.05) is 103 Å². The van der Waals surface area contributed by atoms with Gasteiger partial charge in [0.25, 0.3) is 0 Å². The van der Waals surface area contributed by atoms with Crippen molar-refractivity contribution < 1.29 is 23.8 Å². The van der Waals surface area contributed by atoms with Crippen molar-refractivity contribution in [2.45, 2.75) is 18.4 Å². The van der Waals surface area contributed by atoms with Crippen LogP contribution in [0.5, 0.6) is 17.2 Å². The van der Waals surface area contributed by atoms with Gasteiger partial charge in [-0.15, -0.1) is 0 Å². The number of aromatic nitrogens is 2. The van der Waals surface area contributed by atoms with Gasteiger partial charge in [0, 0.05) is 31.0 Å². The summed E-state index contributed by atoms with van der Waals surface area (Å²) in [6.07, 6.45) is 5.92. The second-order valence-corrected chi connectivity index (χ2v) is 11.3. The summed E-state index contributed by atoms with van der Waals surface area (Å²) in [7, 11) is 1.49. The van der Waals surface area contributed by atoms with Gasteiger partial charge in [0.1, 0.15) is 11.4 Å². The molecule has 0 saturated heterocycles. The van der Waals surface area contributed by atoms with Crippen LogP contribution in [-0.4, -0.2) is 29.0 Å². The number of carbonyl (C=O) groups is 2. The fourth-order valence-electron chi connectivity index (χ4n) is 6.01. The van der Waals surface area contributed by atoms with Crippen molar-refractivity contribution in [1.29, 1.82) is 0 Å². The third kappa shape index (κ3) is 7.29. The normalized spacial score (nSPS) is 11.9. The summed E-state index contributed by atoms with van der Waals surface area (Å²) >= 11 is 0. The molecule has 1 amide bonds. The number of aromatic amines is 1. The standard InChI is InChI=1S/C41H35N3O5/c1-29(45)48-38-25-30(21-23-37(38)47-2)22-24-39(46)44-34-19-12-20-35(26-34)49-40(36-27-42-28-43-36)41(31-13-6-3-7-14-31,32-15-8-4-9-16-32)33-17-10-5-11-18-33/h3-28,40H,1-2H3,(H,42,43)(H,44,46). The number of imidazole rings is 1. The predicted octanol–water partition coefficient (Wildman–Crippen LogP) is 8.15. The van der Waals surface area contributed by atoms with Gasteiger partial charge in [-0.25, -0.2) is 4.98 Å². The number of H-pyrrole nitrogens is 1. The van der Waals surface area contributed by atoms with Gasteiger partial charge in [0.2, 0.25) is 5.91 Å². The molecular formula is C41H35N3O5. The Labute approximate surface area is 285 Å². The summed E-state index contributed by atoms with van der Waals surface area (Å²) in [5.74, 6) is 0.410. The quantitative estimate of drug-likeness (QED) is 0.0601.